The van der Waals surface area contributed by atoms with Gasteiger partial charge in [-0.25, -0.2) is 4.79 Å². The number of nitrogens with one attached hydrogen (secondary N) is 1. The highest BCUT2D eigenvalue weighted by atomic mass is 32.1. The smallest absolute Gasteiger partial charge is 0.336 e. The van der Waals surface area contributed by atoms with Crippen molar-refractivity contribution in [1.29, 1.82) is 0 Å². The number of hydrogen-bond acceptors (Lipinski definition) is 6. The van der Waals surface area contributed by atoms with Crippen molar-refractivity contribution in [1.82, 2.24) is 5.32 Å². The zero-order chi connectivity index (χ0) is 20.1. The zero-order valence-electron chi connectivity index (χ0n) is 15.7. The number of fused-ring (bicyclic) bond motifs is 1. The molecule has 2 aromatic heterocycles. The molecule has 0 spiro atoms. The van der Waals surface area contributed by atoms with Crippen LogP contribution in [0.2, 0.25) is 0 Å². The number of hydrogen-bond donors (Lipinski definition) is 1. The van der Waals surface area contributed by atoms with Gasteiger partial charge >= 0.3 is 5.63 Å². The van der Waals surface area contributed by atoms with E-state index in [1.807, 2.05) is 12.1 Å². The Morgan fingerprint density at radius 2 is 2.00 bits per heavy atom. The van der Waals surface area contributed by atoms with Crippen LogP contribution in [0.15, 0.2) is 45.6 Å². The number of rotatable bonds is 8. The van der Waals surface area contributed by atoms with Crippen LogP contribution in [0.25, 0.3) is 11.0 Å². The van der Waals surface area contributed by atoms with Crippen LogP contribution < -0.4 is 15.7 Å². The molecule has 0 aliphatic rings. The summed E-state index contributed by atoms with van der Waals surface area (Å²) in [7, 11) is 0. The molecule has 3 rings (SSSR count). The molecule has 0 saturated carbocycles. The Morgan fingerprint density at radius 1 is 1.18 bits per heavy atom. The van der Waals surface area contributed by atoms with Gasteiger partial charge in [-0.3, -0.25) is 9.59 Å². The van der Waals surface area contributed by atoms with Gasteiger partial charge in [0.25, 0.3) is 0 Å². The summed E-state index contributed by atoms with van der Waals surface area (Å²) in [5, 5.41) is 3.58. The highest BCUT2D eigenvalue weighted by Gasteiger charge is 2.12. The number of thiophene rings is 1. The minimum absolute atomic E-state index is 0.116. The Hall–Kier alpha value is -2.93. The molecule has 1 N–H and O–H groups in total. The first kappa shape index (κ1) is 19.8. The standard InChI is InChI=1S/C21H21NO5S/c1-3-4-14-9-21(25)27-19-10-15(5-7-17(14)19)26-12-18(24)20-8-6-16(28-20)11-22-13(2)23/h5-10H,3-4,11-12H2,1-2H3,(H,22,23). The summed E-state index contributed by atoms with van der Waals surface area (Å²) < 4.78 is 10.9. The Labute approximate surface area is 166 Å². The Balaban J connectivity index is 1.68. The highest BCUT2D eigenvalue weighted by molar-refractivity contribution is 7.14. The number of benzene rings is 1. The topological polar surface area (TPSA) is 85.6 Å². The first-order chi connectivity index (χ1) is 13.5. The molecule has 146 valence electrons. The lowest BCUT2D eigenvalue weighted by atomic mass is 10.1. The summed E-state index contributed by atoms with van der Waals surface area (Å²) in [5.74, 6) is 0.197. The fourth-order valence-electron chi connectivity index (χ4n) is 2.83. The van der Waals surface area contributed by atoms with Crippen LogP contribution in [0.5, 0.6) is 5.75 Å². The van der Waals surface area contributed by atoms with E-state index in [0.29, 0.717) is 22.8 Å². The van der Waals surface area contributed by atoms with Crippen LogP contribution in [0.1, 0.15) is 40.4 Å². The molecule has 2 heterocycles. The molecule has 1 amide bonds. The van der Waals surface area contributed by atoms with Crippen molar-refractivity contribution in [3.05, 3.63) is 62.1 Å². The molecule has 0 radical (unpaired) electrons. The quantitative estimate of drug-likeness (QED) is 0.461. The predicted octanol–water partition coefficient (Wildman–Crippen LogP) is 3.70. The lowest BCUT2D eigenvalue weighted by Crippen LogP contribution is -2.18. The second kappa shape index (κ2) is 8.84. The van der Waals surface area contributed by atoms with Gasteiger partial charge in [0, 0.05) is 29.3 Å². The van der Waals surface area contributed by atoms with E-state index in [1.165, 1.54) is 24.3 Å². The van der Waals surface area contributed by atoms with Crippen LogP contribution >= 0.6 is 11.3 Å². The van der Waals surface area contributed by atoms with Crippen LogP contribution in [-0.2, 0) is 17.8 Å². The summed E-state index contributed by atoms with van der Waals surface area (Å²) in [5.41, 5.74) is 1.01. The molecule has 0 atom stereocenters. The lowest BCUT2D eigenvalue weighted by molar-refractivity contribution is -0.119. The van der Waals surface area contributed by atoms with E-state index in [0.717, 1.165) is 28.7 Å². The number of ketones is 1. The Kier molecular flexibility index (Phi) is 6.26. The molecule has 0 aliphatic carbocycles. The van der Waals surface area contributed by atoms with E-state index in [1.54, 1.807) is 18.2 Å². The monoisotopic (exact) mass is 399 g/mol. The molecule has 3 aromatic rings. The average molecular weight is 399 g/mol. The van der Waals surface area contributed by atoms with Crippen molar-refractivity contribution in [2.24, 2.45) is 0 Å². The first-order valence-electron chi connectivity index (χ1n) is 9.02. The molecular weight excluding hydrogens is 378 g/mol. The fourth-order valence-corrected chi connectivity index (χ4v) is 3.70. The van der Waals surface area contributed by atoms with Gasteiger partial charge in [-0.1, -0.05) is 13.3 Å². The van der Waals surface area contributed by atoms with Crippen LogP contribution in [0.4, 0.5) is 0 Å². The number of aryl methyl sites for hydroxylation is 1. The molecule has 0 bridgehead atoms. The number of amides is 1. The maximum atomic E-state index is 12.4. The molecule has 0 saturated heterocycles. The van der Waals surface area contributed by atoms with E-state index in [-0.39, 0.29) is 18.3 Å². The van der Waals surface area contributed by atoms with Gasteiger partial charge in [-0.15, -0.1) is 11.3 Å². The normalized spacial score (nSPS) is 10.8. The van der Waals surface area contributed by atoms with Crippen LogP contribution in [-0.4, -0.2) is 18.3 Å². The van der Waals surface area contributed by atoms with Gasteiger partial charge in [-0.05, 0) is 36.2 Å². The van der Waals surface area contributed by atoms with Crippen molar-refractivity contribution in [2.75, 3.05) is 6.61 Å². The fraction of sp³-hybridized carbons (Fsp3) is 0.286. The SMILES string of the molecule is CCCc1cc(=O)oc2cc(OCC(=O)c3ccc(CNC(C)=O)s3)ccc12. The minimum Gasteiger partial charge on any atom is -0.485 e. The molecule has 0 aliphatic heterocycles. The summed E-state index contributed by atoms with van der Waals surface area (Å²) in [6.45, 7) is 3.78. The molecule has 6 nitrogen and oxygen atoms in total. The second-order valence-electron chi connectivity index (χ2n) is 6.39. The van der Waals surface area contributed by atoms with Crippen molar-refractivity contribution in [3.8, 4) is 5.75 Å². The van der Waals surface area contributed by atoms with Gasteiger partial charge in [0.1, 0.15) is 11.3 Å². The highest BCUT2D eigenvalue weighted by Crippen LogP contribution is 2.24. The van der Waals surface area contributed by atoms with Crippen LogP contribution in [0.3, 0.4) is 0 Å². The van der Waals surface area contributed by atoms with Gasteiger partial charge in [0.15, 0.2) is 6.61 Å². The predicted molar refractivity (Wildman–Crippen MR) is 108 cm³/mol. The average Bonchev–Trinajstić information content (AvgIpc) is 3.13. The summed E-state index contributed by atoms with van der Waals surface area (Å²) in [6, 6.07) is 10.3. The van der Waals surface area contributed by atoms with Gasteiger partial charge < -0.3 is 14.5 Å². The maximum absolute atomic E-state index is 12.4. The van der Waals surface area contributed by atoms with E-state index in [4.69, 9.17) is 9.15 Å². The Morgan fingerprint density at radius 3 is 2.75 bits per heavy atom. The third-order valence-corrected chi connectivity index (χ3v) is 5.27. The third kappa shape index (κ3) is 4.86. The van der Waals surface area contributed by atoms with Crippen molar-refractivity contribution < 1.29 is 18.7 Å². The van der Waals surface area contributed by atoms with Crippen molar-refractivity contribution >= 4 is 34.0 Å². The van der Waals surface area contributed by atoms with Gasteiger partial charge in [0.2, 0.25) is 11.7 Å². The maximum Gasteiger partial charge on any atom is 0.336 e. The van der Waals surface area contributed by atoms with Crippen molar-refractivity contribution in [2.45, 2.75) is 33.2 Å². The molecule has 7 heteroatoms. The van der Waals surface area contributed by atoms with Crippen molar-refractivity contribution in [3.63, 3.8) is 0 Å². The molecule has 28 heavy (non-hydrogen) atoms. The summed E-state index contributed by atoms with van der Waals surface area (Å²) in [4.78, 5) is 36.5. The number of carbonyl (C=O) groups excluding carboxylic acids is 2. The lowest BCUT2D eigenvalue weighted by Gasteiger charge is -2.08. The van der Waals surface area contributed by atoms with Crippen LogP contribution in [0, 0.1) is 0 Å². The number of carbonyl (C=O) groups is 2. The third-order valence-electron chi connectivity index (χ3n) is 4.14. The molecule has 1 aromatic carbocycles. The zero-order valence-corrected chi connectivity index (χ0v) is 16.6. The molecular formula is C21H21NO5S. The largest absolute Gasteiger partial charge is 0.485 e. The van der Waals surface area contributed by atoms with E-state index < -0.39 is 5.63 Å². The molecule has 0 fully saturated rings. The van der Waals surface area contributed by atoms with Gasteiger partial charge in [0.05, 0.1) is 11.4 Å². The van der Waals surface area contributed by atoms with E-state index >= 15 is 0 Å². The Bertz CT molecular complexity index is 1070. The summed E-state index contributed by atoms with van der Waals surface area (Å²) >= 11 is 1.33. The number of Topliss-reactive ketones (excluding diaryl/α,β-unsaturated/α-hetero) is 1. The summed E-state index contributed by atoms with van der Waals surface area (Å²) in [6.07, 6.45) is 1.72. The second-order valence-corrected chi connectivity index (χ2v) is 7.55. The first-order valence-corrected chi connectivity index (χ1v) is 9.84. The van der Waals surface area contributed by atoms with E-state index in [2.05, 4.69) is 12.2 Å². The molecule has 0 unspecified atom stereocenters. The van der Waals surface area contributed by atoms with Gasteiger partial charge in [-0.2, -0.15) is 0 Å². The number of ether oxygens (including phenoxy) is 1. The minimum atomic E-state index is -0.394. The van der Waals surface area contributed by atoms with E-state index in [9.17, 15) is 14.4 Å².